The summed E-state index contributed by atoms with van der Waals surface area (Å²) in [5, 5.41) is 2.53. The second-order valence-corrected chi connectivity index (χ2v) is 4.95. The normalized spacial score (nSPS) is 10.2. The van der Waals surface area contributed by atoms with Crippen LogP contribution < -0.4 is 10.1 Å². The van der Waals surface area contributed by atoms with Crippen LogP contribution in [0, 0.1) is 19.7 Å². The molecule has 2 rings (SSSR count). The second kappa shape index (κ2) is 6.88. The molecule has 0 saturated carbocycles. The van der Waals surface area contributed by atoms with E-state index in [9.17, 15) is 9.18 Å². The number of carbonyl (C=O) groups excluding carboxylic acids is 1. The van der Waals surface area contributed by atoms with Crippen LogP contribution in [0.25, 0.3) is 0 Å². The summed E-state index contributed by atoms with van der Waals surface area (Å²) in [6.45, 7) is 4.23. The summed E-state index contributed by atoms with van der Waals surface area (Å²) in [6.07, 6.45) is 0.168. The molecular weight excluding hydrogens is 269 g/mol. The van der Waals surface area contributed by atoms with Crippen molar-refractivity contribution in [1.29, 1.82) is 0 Å². The van der Waals surface area contributed by atoms with Crippen molar-refractivity contribution in [3.05, 3.63) is 59.4 Å². The van der Waals surface area contributed by atoms with E-state index in [1.165, 1.54) is 12.1 Å². The van der Waals surface area contributed by atoms with Crippen LogP contribution >= 0.6 is 0 Å². The molecule has 2 aromatic rings. The van der Waals surface area contributed by atoms with E-state index in [4.69, 9.17) is 4.74 Å². The van der Waals surface area contributed by atoms with Crippen LogP contribution in [0.4, 0.5) is 10.1 Å². The van der Waals surface area contributed by atoms with Gasteiger partial charge in [0, 0.05) is 0 Å². The molecule has 0 aliphatic carbocycles. The molecule has 110 valence electrons. The third kappa shape index (κ3) is 4.60. The van der Waals surface area contributed by atoms with E-state index in [0.29, 0.717) is 0 Å². The standard InChI is InChI=1S/C17H18FNO2/c1-12-9-13(2)11-14(10-12)21-8-7-17(20)19-16-6-4-3-5-15(16)18/h3-6,9-11H,7-8H2,1-2H3,(H,19,20). The molecule has 0 unspecified atom stereocenters. The maximum Gasteiger partial charge on any atom is 0.227 e. The number of anilines is 1. The molecule has 3 nitrogen and oxygen atoms in total. The van der Waals surface area contributed by atoms with Gasteiger partial charge < -0.3 is 10.1 Å². The van der Waals surface area contributed by atoms with Gasteiger partial charge in [0.05, 0.1) is 18.7 Å². The van der Waals surface area contributed by atoms with Crippen molar-refractivity contribution in [3.8, 4) is 5.75 Å². The van der Waals surface area contributed by atoms with Gasteiger partial charge in [0.15, 0.2) is 0 Å². The molecule has 4 heteroatoms. The van der Waals surface area contributed by atoms with Crippen LogP contribution in [0.5, 0.6) is 5.75 Å². The highest BCUT2D eigenvalue weighted by Gasteiger charge is 2.06. The van der Waals surface area contributed by atoms with Gasteiger partial charge in [-0.2, -0.15) is 0 Å². The Morgan fingerprint density at radius 1 is 1.14 bits per heavy atom. The minimum Gasteiger partial charge on any atom is -0.493 e. The molecule has 2 aromatic carbocycles. The molecule has 0 heterocycles. The Morgan fingerprint density at radius 3 is 2.48 bits per heavy atom. The molecule has 1 amide bonds. The van der Waals surface area contributed by atoms with Gasteiger partial charge in [0.1, 0.15) is 11.6 Å². The number of para-hydroxylation sites is 1. The number of carbonyl (C=O) groups is 1. The number of hydrogen-bond acceptors (Lipinski definition) is 2. The quantitative estimate of drug-likeness (QED) is 0.907. The number of hydrogen-bond donors (Lipinski definition) is 1. The molecule has 0 aliphatic heterocycles. The molecule has 0 aliphatic rings. The lowest BCUT2D eigenvalue weighted by Crippen LogP contribution is -2.16. The Labute approximate surface area is 123 Å². The molecule has 0 atom stereocenters. The summed E-state index contributed by atoms with van der Waals surface area (Å²) in [5.74, 6) is 0.0248. The van der Waals surface area contributed by atoms with Crippen LogP contribution in [-0.4, -0.2) is 12.5 Å². The van der Waals surface area contributed by atoms with E-state index >= 15 is 0 Å². The van der Waals surface area contributed by atoms with Crippen LogP contribution in [0.15, 0.2) is 42.5 Å². The van der Waals surface area contributed by atoms with Gasteiger partial charge >= 0.3 is 0 Å². The molecule has 0 spiro atoms. The molecule has 0 fully saturated rings. The van der Waals surface area contributed by atoms with Gasteiger partial charge in [-0.15, -0.1) is 0 Å². The SMILES string of the molecule is Cc1cc(C)cc(OCCC(=O)Nc2ccccc2F)c1. The van der Waals surface area contributed by atoms with E-state index in [1.54, 1.807) is 12.1 Å². The Bertz CT molecular complexity index is 620. The summed E-state index contributed by atoms with van der Waals surface area (Å²) >= 11 is 0. The maximum atomic E-state index is 13.4. The first-order chi connectivity index (χ1) is 10.0. The first kappa shape index (κ1) is 15.0. The van der Waals surface area contributed by atoms with E-state index in [0.717, 1.165) is 16.9 Å². The van der Waals surface area contributed by atoms with Crippen LogP contribution in [0.1, 0.15) is 17.5 Å². The van der Waals surface area contributed by atoms with E-state index in [-0.39, 0.29) is 24.6 Å². The molecule has 0 saturated heterocycles. The van der Waals surface area contributed by atoms with Crippen molar-refractivity contribution in [2.75, 3.05) is 11.9 Å². The van der Waals surface area contributed by atoms with Crippen LogP contribution in [0.3, 0.4) is 0 Å². The Morgan fingerprint density at radius 2 is 1.81 bits per heavy atom. The smallest absolute Gasteiger partial charge is 0.227 e. The van der Waals surface area contributed by atoms with Gasteiger partial charge in [-0.3, -0.25) is 4.79 Å². The van der Waals surface area contributed by atoms with Gasteiger partial charge in [0.25, 0.3) is 0 Å². The Balaban J connectivity index is 1.83. The molecule has 1 N–H and O–H groups in total. The number of benzene rings is 2. The summed E-state index contributed by atoms with van der Waals surface area (Å²) in [4.78, 5) is 11.7. The fourth-order valence-corrected chi connectivity index (χ4v) is 2.05. The lowest BCUT2D eigenvalue weighted by molar-refractivity contribution is -0.116. The highest BCUT2D eigenvalue weighted by molar-refractivity contribution is 5.90. The molecular formula is C17H18FNO2. The second-order valence-electron chi connectivity index (χ2n) is 4.95. The van der Waals surface area contributed by atoms with Gasteiger partial charge in [-0.25, -0.2) is 4.39 Å². The number of ether oxygens (including phenoxy) is 1. The van der Waals surface area contributed by atoms with Crippen molar-refractivity contribution < 1.29 is 13.9 Å². The monoisotopic (exact) mass is 287 g/mol. The summed E-state index contributed by atoms with van der Waals surface area (Å²) < 4.78 is 18.9. The van der Waals surface area contributed by atoms with Gasteiger partial charge in [0.2, 0.25) is 5.91 Å². The largest absolute Gasteiger partial charge is 0.493 e. The van der Waals surface area contributed by atoms with Crippen LogP contribution in [-0.2, 0) is 4.79 Å². The number of rotatable bonds is 5. The molecule has 21 heavy (non-hydrogen) atoms. The third-order valence-electron chi connectivity index (χ3n) is 2.94. The van der Waals surface area contributed by atoms with Gasteiger partial charge in [-0.05, 0) is 49.2 Å². The highest BCUT2D eigenvalue weighted by atomic mass is 19.1. The van der Waals surface area contributed by atoms with E-state index < -0.39 is 5.82 Å². The van der Waals surface area contributed by atoms with Crippen LogP contribution in [0.2, 0.25) is 0 Å². The zero-order valence-corrected chi connectivity index (χ0v) is 12.2. The average molecular weight is 287 g/mol. The maximum absolute atomic E-state index is 13.4. The number of nitrogens with one attached hydrogen (secondary N) is 1. The number of aryl methyl sites for hydroxylation is 2. The first-order valence-corrected chi connectivity index (χ1v) is 6.80. The summed E-state index contributed by atoms with van der Waals surface area (Å²) in [5.41, 5.74) is 2.41. The third-order valence-corrected chi connectivity index (χ3v) is 2.94. The van der Waals surface area contributed by atoms with Crippen molar-refractivity contribution in [2.45, 2.75) is 20.3 Å². The van der Waals surface area contributed by atoms with E-state index in [1.807, 2.05) is 26.0 Å². The Kier molecular flexibility index (Phi) is 4.93. The van der Waals surface area contributed by atoms with Crippen molar-refractivity contribution in [1.82, 2.24) is 0 Å². The highest BCUT2D eigenvalue weighted by Crippen LogP contribution is 2.17. The first-order valence-electron chi connectivity index (χ1n) is 6.80. The molecule has 0 radical (unpaired) electrons. The lowest BCUT2D eigenvalue weighted by Gasteiger charge is -2.09. The fraction of sp³-hybridized carbons (Fsp3) is 0.235. The van der Waals surface area contributed by atoms with Crippen molar-refractivity contribution in [2.24, 2.45) is 0 Å². The predicted molar refractivity (Wildman–Crippen MR) is 81.1 cm³/mol. The van der Waals surface area contributed by atoms with Crippen molar-refractivity contribution >= 4 is 11.6 Å². The minimum atomic E-state index is -0.443. The summed E-state index contributed by atoms with van der Waals surface area (Å²) in [6, 6.07) is 12.0. The zero-order chi connectivity index (χ0) is 15.2. The average Bonchev–Trinajstić information content (AvgIpc) is 2.40. The van der Waals surface area contributed by atoms with Crippen molar-refractivity contribution in [3.63, 3.8) is 0 Å². The van der Waals surface area contributed by atoms with Gasteiger partial charge in [-0.1, -0.05) is 18.2 Å². The summed E-state index contributed by atoms with van der Waals surface area (Å²) in [7, 11) is 0. The molecule has 0 bridgehead atoms. The number of halogens is 1. The Hall–Kier alpha value is -2.36. The van der Waals surface area contributed by atoms with E-state index in [2.05, 4.69) is 11.4 Å². The fourth-order valence-electron chi connectivity index (χ4n) is 2.05. The predicted octanol–water partition coefficient (Wildman–Crippen LogP) is 3.85. The number of amides is 1. The zero-order valence-electron chi connectivity index (χ0n) is 12.2. The molecule has 0 aromatic heterocycles. The minimum absolute atomic E-state index is 0.168. The topological polar surface area (TPSA) is 38.3 Å². The lowest BCUT2D eigenvalue weighted by atomic mass is 10.1.